The van der Waals surface area contributed by atoms with Gasteiger partial charge in [-0.3, -0.25) is 4.79 Å². The van der Waals surface area contributed by atoms with Gasteiger partial charge >= 0.3 is 0 Å². The average molecular weight is 275 g/mol. The molecule has 20 heavy (non-hydrogen) atoms. The smallest absolute Gasteiger partial charge is 0.223 e. The first-order valence-corrected chi connectivity index (χ1v) is 6.39. The maximum absolute atomic E-state index is 11.6. The lowest BCUT2D eigenvalue weighted by Gasteiger charge is -2.06. The van der Waals surface area contributed by atoms with E-state index in [-0.39, 0.29) is 18.9 Å². The summed E-state index contributed by atoms with van der Waals surface area (Å²) in [5.74, 6) is 1.60. The van der Waals surface area contributed by atoms with E-state index >= 15 is 0 Å². The Kier molecular flexibility index (Phi) is 4.70. The molecule has 1 N–H and O–H groups in total. The van der Waals surface area contributed by atoms with Crippen molar-refractivity contribution in [3.8, 4) is 5.75 Å². The molecule has 0 spiro atoms. The van der Waals surface area contributed by atoms with E-state index in [4.69, 9.17) is 9.26 Å². The monoisotopic (exact) mass is 275 g/mol. The SMILES string of the molecule is Cc1ccc(OCCC(=O)NCc2noc(C)n2)cc1. The first-order valence-electron chi connectivity index (χ1n) is 6.39. The number of nitrogens with zero attached hydrogens (tertiary/aromatic N) is 2. The summed E-state index contributed by atoms with van der Waals surface area (Å²) in [4.78, 5) is 15.6. The Morgan fingerprint density at radius 2 is 2.05 bits per heavy atom. The molecule has 0 fully saturated rings. The lowest BCUT2D eigenvalue weighted by atomic mass is 10.2. The van der Waals surface area contributed by atoms with Gasteiger partial charge in [0.05, 0.1) is 19.6 Å². The molecule has 2 rings (SSSR count). The van der Waals surface area contributed by atoms with Gasteiger partial charge in [0.1, 0.15) is 5.75 Å². The number of benzene rings is 1. The van der Waals surface area contributed by atoms with Crippen LogP contribution in [0.3, 0.4) is 0 Å². The third-order valence-corrected chi connectivity index (χ3v) is 2.63. The molecule has 1 amide bonds. The zero-order valence-corrected chi connectivity index (χ0v) is 11.5. The first-order chi connectivity index (χ1) is 9.63. The van der Waals surface area contributed by atoms with E-state index in [1.807, 2.05) is 31.2 Å². The highest BCUT2D eigenvalue weighted by Gasteiger charge is 2.05. The van der Waals surface area contributed by atoms with Crippen molar-refractivity contribution in [2.75, 3.05) is 6.61 Å². The molecule has 6 nitrogen and oxygen atoms in total. The summed E-state index contributed by atoms with van der Waals surface area (Å²) in [6.45, 7) is 4.31. The van der Waals surface area contributed by atoms with Gasteiger partial charge in [0.25, 0.3) is 0 Å². The van der Waals surface area contributed by atoms with Crippen LogP contribution >= 0.6 is 0 Å². The number of rotatable bonds is 6. The van der Waals surface area contributed by atoms with Gasteiger partial charge in [-0.1, -0.05) is 22.9 Å². The van der Waals surface area contributed by atoms with E-state index in [9.17, 15) is 4.79 Å². The second kappa shape index (κ2) is 6.70. The van der Waals surface area contributed by atoms with Crippen LogP contribution in [-0.2, 0) is 11.3 Å². The highest BCUT2D eigenvalue weighted by molar-refractivity contribution is 5.75. The lowest BCUT2D eigenvalue weighted by Crippen LogP contribution is -2.24. The largest absolute Gasteiger partial charge is 0.493 e. The molecular weight excluding hydrogens is 258 g/mol. The van der Waals surface area contributed by atoms with Crippen molar-refractivity contribution in [3.63, 3.8) is 0 Å². The number of hydrogen-bond donors (Lipinski definition) is 1. The fourth-order valence-electron chi connectivity index (χ4n) is 1.58. The van der Waals surface area contributed by atoms with Crippen molar-refractivity contribution >= 4 is 5.91 Å². The predicted molar refractivity (Wildman–Crippen MR) is 72.2 cm³/mol. The first kappa shape index (κ1) is 14.0. The Bertz CT molecular complexity index is 563. The summed E-state index contributed by atoms with van der Waals surface area (Å²) in [6, 6.07) is 7.70. The van der Waals surface area contributed by atoms with Gasteiger partial charge in [0, 0.05) is 6.92 Å². The summed E-state index contributed by atoms with van der Waals surface area (Å²) < 4.78 is 10.3. The van der Waals surface area contributed by atoms with Crippen molar-refractivity contribution in [1.29, 1.82) is 0 Å². The topological polar surface area (TPSA) is 77.2 Å². The lowest BCUT2D eigenvalue weighted by molar-refractivity contribution is -0.121. The molecule has 0 radical (unpaired) electrons. The number of carbonyl (C=O) groups is 1. The van der Waals surface area contributed by atoms with E-state index in [2.05, 4.69) is 15.5 Å². The van der Waals surface area contributed by atoms with Gasteiger partial charge in [-0.05, 0) is 19.1 Å². The van der Waals surface area contributed by atoms with Crippen molar-refractivity contribution in [1.82, 2.24) is 15.5 Å². The van der Waals surface area contributed by atoms with Crippen LogP contribution in [0.15, 0.2) is 28.8 Å². The summed E-state index contributed by atoms with van der Waals surface area (Å²) in [6.07, 6.45) is 0.282. The minimum absolute atomic E-state index is 0.112. The van der Waals surface area contributed by atoms with E-state index < -0.39 is 0 Å². The van der Waals surface area contributed by atoms with Crippen LogP contribution < -0.4 is 10.1 Å². The summed E-state index contributed by atoms with van der Waals surface area (Å²) in [5.41, 5.74) is 1.17. The van der Waals surface area contributed by atoms with Gasteiger partial charge in [0.2, 0.25) is 11.8 Å². The van der Waals surface area contributed by atoms with Crippen LogP contribution in [0.1, 0.15) is 23.7 Å². The molecule has 0 aliphatic rings. The molecule has 2 aromatic rings. The van der Waals surface area contributed by atoms with Gasteiger partial charge in [-0.25, -0.2) is 0 Å². The molecule has 0 aliphatic carbocycles. The van der Waals surface area contributed by atoms with Gasteiger partial charge in [0.15, 0.2) is 5.82 Å². The Balaban J connectivity index is 1.66. The number of carbonyl (C=O) groups excluding carboxylic acids is 1. The molecule has 1 aromatic heterocycles. The van der Waals surface area contributed by atoms with Crippen LogP contribution in [0.5, 0.6) is 5.75 Å². The van der Waals surface area contributed by atoms with Crippen LogP contribution in [-0.4, -0.2) is 22.7 Å². The minimum Gasteiger partial charge on any atom is -0.493 e. The average Bonchev–Trinajstić information content (AvgIpc) is 2.85. The standard InChI is InChI=1S/C14H17N3O3/c1-10-3-5-12(6-4-10)19-8-7-14(18)15-9-13-16-11(2)20-17-13/h3-6H,7-9H2,1-2H3,(H,15,18). The molecule has 1 heterocycles. The number of hydrogen-bond acceptors (Lipinski definition) is 5. The van der Waals surface area contributed by atoms with Gasteiger partial charge in [-0.15, -0.1) is 0 Å². The maximum atomic E-state index is 11.6. The van der Waals surface area contributed by atoms with E-state index in [0.717, 1.165) is 5.75 Å². The Hall–Kier alpha value is -2.37. The Morgan fingerprint density at radius 3 is 2.70 bits per heavy atom. The number of aryl methyl sites for hydroxylation is 2. The van der Waals surface area contributed by atoms with Crippen LogP contribution in [0.25, 0.3) is 0 Å². The molecule has 0 unspecified atom stereocenters. The normalized spacial score (nSPS) is 10.3. The number of amides is 1. The molecule has 0 saturated heterocycles. The zero-order valence-electron chi connectivity index (χ0n) is 11.5. The molecule has 0 aliphatic heterocycles. The number of ether oxygens (including phenoxy) is 1. The third kappa shape index (κ3) is 4.38. The van der Waals surface area contributed by atoms with Gasteiger partial charge in [-0.2, -0.15) is 4.98 Å². The van der Waals surface area contributed by atoms with Gasteiger partial charge < -0.3 is 14.6 Å². The zero-order chi connectivity index (χ0) is 14.4. The third-order valence-electron chi connectivity index (χ3n) is 2.63. The Morgan fingerprint density at radius 1 is 1.30 bits per heavy atom. The Labute approximate surface area is 117 Å². The second-order valence-corrected chi connectivity index (χ2v) is 4.42. The summed E-state index contributed by atoms with van der Waals surface area (Å²) in [5, 5.41) is 6.40. The molecule has 106 valence electrons. The minimum atomic E-state index is -0.112. The molecule has 6 heteroatoms. The van der Waals surface area contributed by atoms with E-state index in [1.54, 1.807) is 6.92 Å². The highest BCUT2D eigenvalue weighted by atomic mass is 16.5. The molecule has 0 atom stereocenters. The molecule has 0 bridgehead atoms. The van der Waals surface area contributed by atoms with E-state index in [0.29, 0.717) is 18.3 Å². The summed E-state index contributed by atoms with van der Waals surface area (Å²) in [7, 11) is 0. The predicted octanol–water partition coefficient (Wildman–Crippen LogP) is 1.77. The van der Waals surface area contributed by atoms with E-state index in [1.165, 1.54) is 5.56 Å². The molecular formula is C14H17N3O3. The van der Waals surface area contributed by atoms with Crippen molar-refractivity contribution in [2.45, 2.75) is 26.8 Å². The number of nitrogens with one attached hydrogen (secondary N) is 1. The quantitative estimate of drug-likeness (QED) is 0.869. The number of aromatic nitrogens is 2. The summed E-state index contributed by atoms with van der Waals surface area (Å²) >= 11 is 0. The van der Waals surface area contributed by atoms with Crippen molar-refractivity contribution in [2.24, 2.45) is 0 Å². The van der Waals surface area contributed by atoms with Crippen LogP contribution in [0, 0.1) is 13.8 Å². The molecule has 1 aromatic carbocycles. The van der Waals surface area contributed by atoms with Crippen molar-refractivity contribution in [3.05, 3.63) is 41.5 Å². The fraction of sp³-hybridized carbons (Fsp3) is 0.357. The fourth-order valence-corrected chi connectivity index (χ4v) is 1.58. The molecule has 0 saturated carbocycles. The highest BCUT2D eigenvalue weighted by Crippen LogP contribution is 2.11. The maximum Gasteiger partial charge on any atom is 0.223 e. The van der Waals surface area contributed by atoms with Crippen molar-refractivity contribution < 1.29 is 14.1 Å². The van der Waals surface area contributed by atoms with Crippen LogP contribution in [0.2, 0.25) is 0 Å². The second-order valence-electron chi connectivity index (χ2n) is 4.42. The van der Waals surface area contributed by atoms with Crippen LogP contribution in [0.4, 0.5) is 0 Å².